The van der Waals surface area contributed by atoms with Gasteiger partial charge in [-0.05, 0) is 42.7 Å². The van der Waals surface area contributed by atoms with Gasteiger partial charge in [-0.25, -0.2) is 0 Å². The summed E-state index contributed by atoms with van der Waals surface area (Å²) in [5, 5.41) is 2.95. The molecule has 0 saturated heterocycles. The summed E-state index contributed by atoms with van der Waals surface area (Å²) in [7, 11) is 3.22. The van der Waals surface area contributed by atoms with Gasteiger partial charge in [0.05, 0.1) is 14.2 Å². The third kappa shape index (κ3) is 6.85. The Labute approximate surface area is 201 Å². The number of nitrogens with zero attached hydrogens (tertiary/aromatic N) is 1. The number of carbonyl (C=O) groups is 2. The monoisotopic (exact) mass is 460 g/mol. The lowest BCUT2D eigenvalue weighted by Crippen LogP contribution is -2.47. The topological polar surface area (TPSA) is 67.9 Å². The van der Waals surface area contributed by atoms with E-state index in [-0.39, 0.29) is 11.8 Å². The summed E-state index contributed by atoms with van der Waals surface area (Å²) >= 11 is 0. The highest BCUT2D eigenvalue weighted by Gasteiger charge is 2.26. The number of ether oxygens (including phenoxy) is 2. The molecule has 34 heavy (non-hydrogen) atoms. The average Bonchev–Trinajstić information content (AvgIpc) is 2.89. The Morgan fingerprint density at radius 3 is 2.21 bits per heavy atom. The molecule has 0 heterocycles. The van der Waals surface area contributed by atoms with Crippen molar-refractivity contribution in [1.29, 1.82) is 0 Å². The van der Waals surface area contributed by atoms with E-state index in [2.05, 4.69) is 5.32 Å². The Morgan fingerprint density at radius 2 is 1.53 bits per heavy atom. The summed E-state index contributed by atoms with van der Waals surface area (Å²) in [6.45, 7) is 2.42. The number of rotatable bonds is 11. The van der Waals surface area contributed by atoms with Gasteiger partial charge in [0.2, 0.25) is 11.8 Å². The molecule has 0 unspecified atom stereocenters. The summed E-state index contributed by atoms with van der Waals surface area (Å²) in [6.07, 6.45) is 0.943. The summed E-state index contributed by atoms with van der Waals surface area (Å²) in [5.41, 5.74) is 2.90. The molecule has 0 aliphatic heterocycles. The van der Waals surface area contributed by atoms with Crippen LogP contribution in [0.5, 0.6) is 11.5 Å². The highest BCUT2D eigenvalue weighted by Crippen LogP contribution is 2.18. The van der Waals surface area contributed by atoms with Crippen LogP contribution in [-0.4, -0.2) is 37.0 Å². The van der Waals surface area contributed by atoms with Crippen LogP contribution in [0.2, 0.25) is 0 Å². The number of carbonyl (C=O) groups excluding carboxylic acids is 2. The van der Waals surface area contributed by atoms with E-state index in [1.54, 1.807) is 26.0 Å². The van der Waals surface area contributed by atoms with E-state index in [1.807, 2.05) is 78.9 Å². The molecule has 178 valence electrons. The van der Waals surface area contributed by atoms with Gasteiger partial charge in [0.1, 0.15) is 17.5 Å². The zero-order valence-electron chi connectivity index (χ0n) is 20.0. The second kappa shape index (κ2) is 12.4. The van der Waals surface area contributed by atoms with Crippen molar-refractivity contribution in [2.24, 2.45) is 0 Å². The van der Waals surface area contributed by atoms with Gasteiger partial charge in [0.15, 0.2) is 0 Å². The van der Waals surface area contributed by atoms with Crippen LogP contribution >= 0.6 is 0 Å². The van der Waals surface area contributed by atoms with Crippen LogP contribution in [0, 0.1) is 0 Å². The first kappa shape index (κ1) is 24.8. The highest BCUT2D eigenvalue weighted by atomic mass is 16.5. The highest BCUT2D eigenvalue weighted by molar-refractivity contribution is 5.87. The molecule has 1 atom stereocenters. The fourth-order valence-corrected chi connectivity index (χ4v) is 3.73. The number of amides is 2. The summed E-state index contributed by atoms with van der Waals surface area (Å²) in [4.78, 5) is 28.0. The number of hydrogen-bond donors (Lipinski definition) is 1. The first-order valence-corrected chi connectivity index (χ1v) is 11.4. The van der Waals surface area contributed by atoms with Gasteiger partial charge < -0.3 is 19.7 Å². The Morgan fingerprint density at radius 1 is 0.853 bits per heavy atom. The molecule has 3 rings (SSSR count). The molecule has 0 radical (unpaired) electrons. The first-order valence-electron chi connectivity index (χ1n) is 11.4. The number of para-hydroxylation sites is 1. The normalized spacial score (nSPS) is 11.4. The van der Waals surface area contributed by atoms with E-state index in [1.165, 1.54) is 0 Å². The number of hydrogen-bond acceptors (Lipinski definition) is 4. The summed E-state index contributed by atoms with van der Waals surface area (Å²) in [6, 6.07) is 24.3. The smallest absolute Gasteiger partial charge is 0.242 e. The van der Waals surface area contributed by atoms with Crippen molar-refractivity contribution in [3.8, 4) is 11.5 Å². The summed E-state index contributed by atoms with van der Waals surface area (Å²) in [5.74, 6) is 1.17. The fraction of sp³-hybridized carbons (Fsp3) is 0.286. The molecule has 6 heteroatoms. The van der Waals surface area contributed by atoms with E-state index in [4.69, 9.17) is 9.47 Å². The van der Waals surface area contributed by atoms with Crippen LogP contribution in [0.15, 0.2) is 78.9 Å². The second-order valence-electron chi connectivity index (χ2n) is 8.06. The molecule has 0 spiro atoms. The Hall–Kier alpha value is -3.80. The van der Waals surface area contributed by atoms with Crippen LogP contribution < -0.4 is 14.8 Å². The van der Waals surface area contributed by atoms with Crippen LogP contribution in [0.1, 0.15) is 30.0 Å². The molecule has 3 aromatic carbocycles. The second-order valence-corrected chi connectivity index (χ2v) is 8.06. The van der Waals surface area contributed by atoms with Crippen molar-refractivity contribution in [3.63, 3.8) is 0 Å². The van der Waals surface area contributed by atoms with Gasteiger partial charge in [-0.1, -0.05) is 60.7 Å². The molecule has 3 aromatic rings. The third-order valence-corrected chi connectivity index (χ3v) is 5.80. The molecule has 0 fully saturated rings. The molecule has 1 N–H and O–H groups in total. The van der Waals surface area contributed by atoms with Crippen LogP contribution in [0.4, 0.5) is 0 Å². The van der Waals surface area contributed by atoms with Gasteiger partial charge in [-0.2, -0.15) is 0 Å². The number of nitrogens with one attached hydrogen (secondary N) is 1. The maximum atomic E-state index is 13.3. The van der Waals surface area contributed by atoms with Gasteiger partial charge in [0.25, 0.3) is 0 Å². The number of aryl methyl sites for hydroxylation is 1. The number of benzene rings is 3. The van der Waals surface area contributed by atoms with Gasteiger partial charge in [-0.3, -0.25) is 9.59 Å². The van der Waals surface area contributed by atoms with Crippen molar-refractivity contribution in [1.82, 2.24) is 10.2 Å². The lowest BCUT2D eigenvalue weighted by atomic mass is 10.1. The Kier molecular flexibility index (Phi) is 9.09. The van der Waals surface area contributed by atoms with E-state index < -0.39 is 6.04 Å². The van der Waals surface area contributed by atoms with Crippen LogP contribution in [0.25, 0.3) is 0 Å². The Bertz CT molecular complexity index is 1070. The first-order chi connectivity index (χ1) is 16.5. The molecular weight excluding hydrogens is 428 g/mol. The van der Waals surface area contributed by atoms with Crippen LogP contribution in [0.3, 0.4) is 0 Å². The van der Waals surface area contributed by atoms with Crippen molar-refractivity contribution < 1.29 is 19.1 Å². The minimum Gasteiger partial charge on any atom is -0.497 e. The molecule has 0 bridgehead atoms. The largest absolute Gasteiger partial charge is 0.497 e. The van der Waals surface area contributed by atoms with Gasteiger partial charge in [-0.15, -0.1) is 0 Å². The maximum absolute atomic E-state index is 13.3. The lowest BCUT2D eigenvalue weighted by Gasteiger charge is -2.29. The molecule has 6 nitrogen and oxygen atoms in total. The SMILES string of the molecule is COc1ccc(CN(C(=O)CCc2ccccc2)[C@H](C)C(=O)NCc2ccccc2OC)cc1. The molecule has 2 amide bonds. The maximum Gasteiger partial charge on any atom is 0.242 e. The van der Waals surface area contributed by atoms with E-state index >= 15 is 0 Å². The fourth-order valence-electron chi connectivity index (χ4n) is 3.73. The minimum absolute atomic E-state index is 0.0698. The van der Waals surface area contributed by atoms with Gasteiger partial charge >= 0.3 is 0 Å². The van der Waals surface area contributed by atoms with Crippen molar-refractivity contribution >= 4 is 11.8 Å². The number of methoxy groups -OCH3 is 2. The van der Waals surface area contributed by atoms with Gasteiger partial charge in [0, 0.05) is 25.1 Å². The molecule has 0 aliphatic carbocycles. The zero-order chi connectivity index (χ0) is 24.3. The van der Waals surface area contributed by atoms with Crippen molar-refractivity contribution in [2.45, 2.75) is 38.9 Å². The van der Waals surface area contributed by atoms with E-state index in [0.29, 0.717) is 31.7 Å². The predicted octanol–water partition coefficient (Wildman–Crippen LogP) is 4.37. The minimum atomic E-state index is -0.639. The summed E-state index contributed by atoms with van der Waals surface area (Å²) < 4.78 is 10.6. The quantitative estimate of drug-likeness (QED) is 0.461. The lowest BCUT2D eigenvalue weighted by molar-refractivity contribution is -0.140. The van der Waals surface area contributed by atoms with Crippen molar-refractivity contribution in [3.05, 3.63) is 95.6 Å². The molecule has 0 aliphatic rings. The molecule has 0 saturated carbocycles. The average molecular weight is 461 g/mol. The van der Waals surface area contributed by atoms with Crippen LogP contribution in [-0.2, 0) is 29.1 Å². The molecular formula is C28H32N2O4. The standard InChI is InChI=1S/C28H32N2O4/c1-21(28(32)29-19-24-11-7-8-12-26(24)34-3)30(20-23-13-16-25(33-2)17-14-23)27(31)18-15-22-9-5-4-6-10-22/h4-14,16-17,21H,15,18-20H2,1-3H3,(H,29,32)/t21-/m1/s1. The van der Waals surface area contributed by atoms with E-state index in [9.17, 15) is 9.59 Å². The third-order valence-electron chi connectivity index (χ3n) is 5.80. The zero-order valence-corrected chi connectivity index (χ0v) is 20.0. The Balaban J connectivity index is 1.71. The molecule has 0 aromatic heterocycles. The predicted molar refractivity (Wildman–Crippen MR) is 133 cm³/mol. The van der Waals surface area contributed by atoms with E-state index in [0.717, 1.165) is 22.4 Å². The van der Waals surface area contributed by atoms with Crippen molar-refractivity contribution in [2.75, 3.05) is 14.2 Å².